The van der Waals surface area contributed by atoms with Crippen molar-refractivity contribution in [1.82, 2.24) is 4.98 Å². The van der Waals surface area contributed by atoms with Gasteiger partial charge in [-0.1, -0.05) is 31.0 Å². The Morgan fingerprint density at radius 3 is 2.86 bits per heavy atom. The van der Waals surface area contributed by atoms with Gasteiger partial charge in [0, 0.05) is 17.6 Å². The Hall–Kier alpha value is -2.10. The molecule has 1 N–H and O–H groups in total. The quantitative estimate of drug-likeness (QED) is 0.868. The van der Waals surface area contributed by atoms with E-state index in [0.29, 0.717) is 18.2 Å². The predicted molar refractivity (Wildman–Crippen MR) is 83.6 cm³/mol. The molecule has 0 atom stereocenters. The molecule has 1 saturated carbocycles. The summed E-state index contributed by atoms with van der Waals surface area (Å²) in [7, 11) is 0. The highest BCUT2D eigenvalue weighted by Crippen LogP contribution is 2.30. The number of nitrogens with one attached hydrogen (secondary N) is 1. The summed E-state index contributed by atoms with van der Waals surface area (Å²) in [5, 5.41) is 4.53. The molecule has 4 nitrogen and oxygen atoms in total. The molecule has 0 spiro atoms. The van der Waals surface area contributed by atoms with Gasteiger partial charge in [-0.05, 0) is 25.8 Å². The predicted octanol–water partition coefficient (Wildman–Crippen LogP) is 3.77. The fourth-order valence-electron chi connectivity index (χ4n) is 2.93. The second-order valence-corrected chi connectivity index (χ2v) is 5.41. The summed E-state index contributed by atoms with van der Waals surface area (Å²) in [5.41, 5.74) is 2.29. The van der Waals surface area contributed by atoms with E-state index in [9.17, 15) is 4.79 Å². The lowest BCUT2D eigenvalue weighted by Crippen LogP contribution is -2.18. The number of aromatic nitrogens is 1. The first-order chi connectivity index (χ1) is 10.3. The molecule has 0 bridgehead atoms. The zero-order valence-corrected chi connectivity index (χ0v) is 12.3. The van der Waals surface area contributed by atoms with E-state index < -0.39 is 0 Å². The first-order valence-corrected chi connectivity index (χ1v) is 7.61. The first kappa shape index (κ1) is 13.9. The highest BCUT2D eigenvalue weighted by atomic mass is 16.5. The molecule has 0 amide bonds. The van der Waals surface area contributed by atoms with E-state index in [1.807, 2.05) is 31.2 Å². The Morgan fingerprint density at radius 2 is 2.10 bits per heavy atom. The molecule has 0 radical (unpaired) electrons. The van der Waals surface area contributed by atoms with Crippen molar-refractivity contribution in [3.63, 3.8) is 0 Å². The van der Waals surface area contributed by atoms with Gasteiger partial charge < -0.3 is 10.1 Å². The maximum Gasteiger partial charge on any atom is 0.341 e. The van der Waals surface area contributed by atoms with Crippen molar-refractivity contribution in [2.24, 2.45) is 0 Å². The number of esters is 1. The summed E-state index contributed by atoms with van der Waals surface area (Å²) in [6, 6.07) is 8.33. The molecule has 2 aromatic rings. The number of benzene rings is 1. The second kappa shape index (κ2) is 6.12. The standard InChI is InChI=1S/C17H20N2O2/c1-2-21-17(20)14-11-18-15-10-6-5-9-13(15)16(14)19-12-7-3-4-8-12/h5-6,9-12H,2-4,7-8H2,1H3,(H,18,19). The molecule has 110 valence electrons. The van der Waals surface area contributed by atoms with Crippen LogP contribution in [0.4, 0.5) is 5.69 Å². The van der Waals surface area contributed by atoms with Gasteiger partial charge in [0.2, 0.25) is 0 Å². The fraction of sp³-hybridized carbons (Fsp3) is 0.412. The number of anilines is 1. The first-order valence-electron chi connectivity index (χ1n) is 7.61. The largest absolute Gasteiger partial charge is 0.462 e. The minimum Gasteiger partial charge on any atom is -0.462 e. The van der Waals surface area contributed by atoms with Gasteiger partial charge in [-0.3, -0.25) is 4.98 Å². The van der Waals surface area contributed by atoms with E-state index >= 15 is 0 Å². The molecule has 3 rings (SSSR count). The second-order valence-electron chi connectivity index (χ2n) is 5.41. The summed E-state index contributed by atoms with van der Waals surface area (Å²) in [6.07, 6.45) is 6.42. The fourth-order valence-corrected chi connectivity index (χ4v) is 2.93. The third-order valence-electron chi connectivity index (χ3n) is 3.97. The van der Waals surface area contributed by atoms with Crippen molar-refractivity contribution in [1.29, 1.82) is 0 Å². The summed E-state index contributed by atoms with van der Waals surface area (Å²) < 4.78 is 5.16. The van der Waals surface area contributed by atoms with Crippen LogP contribution < -0.4 is 5.32 Å². The lowest BCUT2D eigenvalue weighted by Gasteiger charge is -2.18. The van der Waals surface area contributed by atoms with Gasteiger partial charge in [-0.25, -0.2) is 4.79 Å². The van der Waals surface area contributed by atoms with Gasteiger partial charge in [0.15, 0.2) is 0 Å². The minimum absolute atomic E-state index is 0.309. The number of hydrogen-bond acceptors (Lipinski definition) is 4. The molecule has 0 saturated heterocycles. The summed E-state index contributed by atoms with van der Waals surface area (Å²) >= 11 is 0. The van der Waals surface area contributed by atoms with Gasteiger partial charge in [0.1, 0.15) is 5.56 Å². The number of hydrogen-bond donors (Lipinski definition) is 1. The average molecular weight is 284 g/mol. The number of nitrogens with zero attached hydrogens (tertiary/aromatic N) is 1. The van der Waals surface area contributed by atoms with Crippen LogP contribution in [0, 0.1) is 0 Å². The van der Waals surface area contributed by atoms with Crippen LogP contribution in [0.2, 0.25) is 0 Å². The Labute approximate surface area is 124 Å². The molecule has 1 aromatic heterocycles. The van der Waals surface area contributed by atoms with Crippen LogP contribution in [-0.4, -0.2) is 23.6 Å². The summed E-state index contributed by atoms with van der Waals surface area (Å²) in [4.78, 5) is 16.6. The minimum atomic E-state index is -0.309. The highest BCUT2D eigenvalue weighted by Gasteiger charge is 2.21. The maximum absolute atomic E-state index is 12.2. The smallest absolute Gasteiger partial charge is 0.341 e. The Balaban J connectivity index is 2.05. The van der Waals surface area contributed by atoms with Crippen LogP contribution in [-0.2, 0) is 4.74 Å². The number of rotatable bonds is 4. The average Bonchev–Trinajstić information content (AvgIpc) is 3.01. The van der Waals surface area contributed by atoms with E-state index in [2.05, 4.69) is 10.3 Å². The number of para-hydroxylation sites is 1. The number of pyridine rings is 1. The van der Waals surface area contributed by atoms with E-state index in [0.717, 1.165) is 29.4 Å². The van der Waals surface area contributed by atoms with Crippen molar-refractivity contribution in [2.45, 2.75) is 38.6 Å². The monoisotopic (exact) mass is 284 g/mol. The highest BCUT2D eigenvalue weighted by molar-refractivity contribution is 6.04. The number of carbonyl (C=O) groups is 1. The van der Waals surface area contributed by atoms with Gasteiger partial charge in [0.25, 0.3) is 0 Å². The zero-order chi connectivity index (χ0) is 14.7. The van der Waals surface area contributed by atoms with Crippen molar-refractivity contribution < 1.29 is 9.53 Å². The molecule has 4 heteroatoms. The Bertz CT molecular complexity index is 648. The molecule has 0 unspecified atom stereocenters. The van der Waals surface area contributed by atoms with Crippen LogP contribution in [0.5, 0.6) is 0 Å². The molecule has 1 fully saturated rings. The number of fused-ring (bicyclic) bond motifs is 1. The lowest BCUT2D eigenvalue weighted by atomic mass is 10.1. The maximum atomic E-state index is 12.2. The molecule has 1 heterocycles. The van der Waals surface area contributed by atoms with Gasteiger partial charge in [-0.2, -0.15) is 0 Å². The van der Waals surface area contributed by atoms with Crippen LogP contribution in [0.3, 0.4) is 0 Å². The van der Waals surface area contributed by atoms with Crippen molar-refractivity contribution in [2.75, 3.05) is 11.9 Å². The van der Waals surface area contributed by atoms with Gasteiger partial charge in [0.05, 0.1) is 17.8 Å². The van der Waals surface area contributed by atoms with E-state index in [1.165, 1.54) is 12.8 Å². The van der Waals surface area contributed by atoms with E-state index in [1.54, 1.807) is 6.20 Å². The molecule has 1 aromatic carbocycles. The molecule has 1 aliphatic rings. The number of carbonyl (C=O) groups excluding carboxylic acids is 1. The Kier molecular flexibility index (Phi) is 4.04. The van der Waals surface area contributed by atoms with Crippen LogP contribution in [0.1, 0.15) is 43.0 Å². The third kappa shape index (κ3) is 2.84. The lowest BCUT2D eigenvalue weighted by molar-refractivity contribution is 0.0527. The molecule has 21 heavy (non-hydrogen) atoms. The normalized spacial score (nSPS) is 15.3. The zero-order valence-electron chi connectivity index (χ0n) is 12.3. The van der Waals surface area contributed by atoms with Gasteiger partial charge >= 0.3 is 5.97 Å². The van der Waals surface area contributed by atoms with Crippen LogP contribution in [0.15, 0.2) is 30.5 Å². The number of ether oxygens (including phenoxy) is 1. The Morgan fingerprint density at radius 1 is 1.33 bits per heavy atom. The van der Waals surface area contributed by atoms with E-state index in [-0.39, 0.29) is 5.97 Å². The van der Waals surface area contributed by atoms with Gasteiger partial charge in [-0.15, -0.1) is 0 Å². The summed E-state index contributed by atoms with van der Waals surface area (Å²) in [5.74, 6) is -0.309. The van der Waals surface area contributed by atoms with Crippen molar-refractivity contribution in [3.8, 4) is 0 Å². The van der Waals surface area contributed by atoms with E-state index in [4.69, 9.17) is 4.74 Å². The third-order valence-corrected chi connectivity index (χ3v) is 3.97. The molecule has 0 aliphatic heterocycles. The molecular weight excluding hydrogens is 264 g/mol. The molecule has 1 aliphatic carbocycles. The van der Waals surface area contributed by atoms with Crippen molar-refractivity contribution >= 4 is 22.6 Å². The summed E-state index contributed by atoms with van der Waals surface area (Å²) in [6.45, 7) is 2.19. The van der Waals surface area contributed by atoms with Crippen molar-refractivity contribution in [3.05, 3.63) is 36.0 Å². The SMILES string of the molecule is CCOC(=O)c1cnc2ccccc2c1NC1CCCC1. The topological polar surface area (TPSA) is 51.2 Å². The van der Waals surface area contributed by atoms with Crippen LogP contribution in [0.25, 0.3) is 10.9 Å². The molecular formula is C17H20N2O2. The van der Waals surface area contributed by atoms with Crippen LogP contribution >= 0.6 is 0 Å².